The summed E-state index contributed by atoms with van der Waals surface area (Å²) in [5.41, 5.74) is 0. The summed E-state index contributed by atoms with van der Waals surface area (Å²) in [5, 5.41) is 8.07. The summed E-state index contributed by atoms with van der Waals surface area (Å²) in [4.78, 5) is 4.46. The first-order chi connectivity index (χ1) is 9.74. The third kappa shape index (κ3) is 4.05. The topological polar surface area (TPSA) is 42.7 Å². The number of rotatable bonds is 7. The van der Waals surface area contributed by atoms with Gasteiger partial charge in [-0.05, 0) is 44.6 Å². The van der Waals surface area contributed by atoms with Crippen LogP contribution in [0.5, 0.6) is 0 Å². The van der Waals surface area contributed by atoms with Gasteiger partial charge in [-0.2, -0.15) is 5.10 Å². The van der Waals surface area contributed by atoms with Crippen molar-refractivity contribution in [1.82, 2.24) is 20.1 Å². The van der Waals surface area contributed by atoms with E-state index in [1.54, 1.807) is 6.33 Å². The maximum atomic E-state index is 4.46. The highest BCUT2D eigenvalue weighted by atomic mass is 15.3. The molecule has 3 atom stereocenters. The predicted octanol–water partition coefficient (Wildman–Crippen LogP) is 3.04. The largest absolute Gasteiger partial charge is 0.313 e. The van der Waals surface area contributed by atoms with E-state index < -0.39 is 0 Å². The first-order valence-corrected chi connectivity index (χ1v) is 8.34. The SMILES string of the molecule is CCCNC(Cc1ncnn1CC)C1CCCC(C)C1. The number of hydrogen-bond acceptors (Lipinski definition) is 3. The van der Waals surface area contributed by atoms with E-state index in [1.807, 2.05) is 4.68 Å². The van der Waals surface area contributed by atoms with Crippen molar-refractivity contribution >= 4 is 0 Å². The van der Waals surface area contributed by atoms with Crippen LogP contribution < -0.4 is 5.32 Å². The van der Waals surface area contributed by atoms with Gasteiger partial charge in [0.2, 0.25) is 0 Å². The molecule has 1 aliphatic carbocycles. The van der Waals surface area contributed by atoms with Crippen molar-refractivity contribution < 1.29 is 0 Å². The molecule has 1 fully saturated rings. The van der Waals surface area contributed by atoms with Crippen LogP contribution in [0.4, 0.5) is 0 Å². The Balaban J connectivity index is 2.02. The summed E-state index contributed by atoms with van der Waals surface area (Å²) >= 11 is 0. The molecule has 0 aliphatic heterocycles. The van der Waals surface area contributed by atoms with Crippen LogP contribution in [0.3, 0.4) is 0 Å². The van der Waals surface area contributed by atoms with E-state index in [9.17, 15) is 0 Å². The highest BCUT2D eigenvalue weighted by molar-refractivity contribution is 4.93. The molecule has 0 amide bonds. The minimum Gasteiger partial charge on any atom is -0.313 e. The van der Waals surface area contributed by atoms with Gasteiger partial charge in [0.1, 0.15) is 12.2 Å². The molecule has 114 valence electrons. The number of aromatic nitrogens is 3. The molecule has 4 heteroatoms. The fraction of sp³-hybridized carbons (Fsp3) is 0.875. The van der Waals surface area contributed by atoms with E-state index in [-0.39, 0.29) is 0 Å². The minimum absolute atomic E-state index is 0.562. The highest BCUT2D eigenvalue weighted by Gasteiger charge is 2.27. The summed E-state index contributed by atoms with van der Waals surface area (Å²) in [6.07, 6.45) is 9.43. The molecule has 1 heterocycles. The minimum atomic E-state index is 0.562. The average Bonchev–Trinajstić information content (AvgIpc) is 2.90. The number of aryl methyl sites for hydroxylation is 1. The lowest BCUT2D eigenvalue weighted by atomic mass is 9.77. The summed E-state index contributed by atoms with van der Waals surface area (Å²) in [7, 11) is 0. The summed E-state index contributed by atoms with van der Waals surface area (Å²) < 4.78 is 2.03. The zero-order valence-corrected chi connectivity index (χ0v) is 13.3. The van der Waals surface area contributed by atoms with Crippen molar-refractivity contribution in [3.63, 3.8) is 0 Å². The smallest absolute Gasteiger partial charge is 0.138 e. The third-order valence-corrected chi connectivity index (χ3v) is 4.60. The normalized spacial score (nSPS) is 24.8. The Labute approximate surface area is 123 Å². The van der Waals surface area contributed by atoms with Crippen molar-refractivity contribution in [3.8, 4) is 0 Å². The predicted molar refractivity (Wildman–Crippen MR) is 82.6 cm³/mol. The van der Waals surface area contributed by atoms with Crippen LogP contribution >= 0.6 is 0 Å². The summed E-state index contributed by atoms with van der Waals surface area (Å²) in [5.74, 6) is 2.82. The molecular formula is C16H30N4. The maximum absolute atomic E-state index is 4.46. The molecule has 2 rings (SSSR count). The van der Waals surface area contributed by atoms with Gasteiger partial charge in [-0.25, -0.2) is 4.98 Å². The lowest BCUT2D eigenvalue weighted by Crippen LogP contribution is -2.41. The van der Waals surface area contributed by atoms with Gasteiger partial charge >= 0.3 is 0 Å². The molecule has 0 aromatic carbocycles. The van der Waals surface area contributed by atoms with Crippen LogP contribution in [0.1, 0.15) is 58.7 Å². The Hall–Kier alpha value is -0.900. The van der Waals surface area contributed by atoms with Gasteiger partial charge in [-0.15, -0.1) is 0 Å². The van der Waals surface area contributed by atoms with Gasteiger partial charge in [0, 0.05) is 19.0 Å². The van der Waals surface area contributed by atoms with Crippen molar-refractivity contribution in [2.45, 2.75) is 71.9 Å². The number of nitrogens with one attached hydrogen (secondary N) is 1. The van der Waals surface area contributed by atoms with Gasteiger partial charge < -0.3 is 5.32 Å². The first kappa shape index (κ1) is 15.5. The fourth-order valence-electron chi connectivity index (χ4n) is 3.49. The molecule has 0 saturated heterocycles. The lowest BCUT2D eigenvalue weighted by molar-refractivity contribution is 0.218. The summed E-state index contributed by atoms with van der Waals surface area (Å²) in [6, 6.07) is 0.562. The Morgan fingerprint density at radius 1 is 1.40 bits per heavy atom. The molecule has 0 bridgehead atoms. The van der Waals surface area contributed by atoms with E-state index >= 15 is 0 Å². The molecule has 1 N–H and O–H groups in total. The van der Waals surface area contributed by atoms with Crippen LogP contribution in [0.15, 0.2) is 6.33 Å². The zero-order valence-electron chi connectivity index (χ0n) is 13.3. The molecule has 1 aromatic heterocycles. The molecule has 20 heavy (non-hydrogen) atoms. The number of nitrogens with zero attached hydrogens (tertiary/aromatic N) is 3. The second kappa shape index (κ2) is 7.77. The van der Waals surface area contributed by atoms with Gasteiger partial charge in [0.05, 0.1) is 0 Å². The Kier molecular flexibility index (Phi) is 6.02. The highest BCUT2D eigenvalue weighted by Crippen LogP contribution is 2.31. The molecule has 0 spiro atoms. The number of hydrogen-bond donors (Lipinski definition) is 1. The van der Waals surface area contributed by atoms with Crippen LogP contribution in [0, 0.1) is 11.8 Å². The van der Waals surface area contributed by atoms with E-state index in [4.69, 9.17) is 0 Å². The van der Waals surface area contributed by atoms with Gasteiger partial charge in [0.15, 0.2) is 0 Å². The Morgan fingerprint density at radius 2 is 2.25 bits per heavy atom. The first-order valence-electron chi connectivity index (χ1n) is 8.34. The molecule has 1 aliphatic rings. The van der Waals surface area contributed by atoms with Crippen LogP contribution in [0.2, 0.25) is 0 Å². The standard InChI is InChI=1S/C16H30N4/c1-4-9-17-15(14-8-6-7-13(3)10-14)11-16-18-12-19-20(16)5-2/h12-15,17H,4-11H2,1-3H3. The zero-order chi connectivity index (χ0) is 14.4. The van der Waals surface area contributed by atoms with E-state index in [0.717, 1.165) is 37.2 Å². The quantitative estimate of drug-likeness (QED) is 0.833. The monoisotopic (exact) mass is 278 g/mol. The maximum Gasteiger partial charge on any atom is 0.138 e. The second-order valence-electron chi connectivity index (χ2n) is 6.29. The van der Waals surface area contributed by atoms with Crippen molar-refractivity contribution in [1.29, 1.82) is 0 Å². The molecule has 3 unspecified atom stereocenters. The van der Waals surface area contributed by atoms with Crippen LogP contribution in [-0.2, 0) is 13.0 Å². The second-order valence-corrected chi connectivity index (χ2v) is 6.29. The van der Waals surface area contributed by atoms with Gasteiger partial charge in [-0.3, -0.25) is 4.68 Å². The van der Waals surface area contributed by atoms with Crippen molar-refractivity contribution in [2.75, 3.05) is 6.54 Å². The van der Waals surface area contributed by atoms with Crippen LogP contribution in [0.25, 0.3) is 0 Å². The average molecular weight is 278 g/mol. The molecule has 1 saturated carbocycles. The van der Waals surface area contributed by atoms with E-state index in [2.05, 4.69) is 36.2 Å². The molecule has 1 aromatic rings. The molecule has 0 radical (unpaired) electrons. The van der Waals surface area contributed by atoms with Crippen molar-refractivity contribution in [3.05, 3.63) is 12.2 Å². The Bertz CT molecular complexity index is 388. The van der Waals surface area contributed by atoms with Gasteiger partial charge in [0.25, 0.3) is 0 Å². The van der Waals surface area contributed by atoms with Crippen molar-refractivity contribution in [2.24, 2.45) is 11.8 Å². The van der Waals surface area contributed by atoms with Gasteiger partial charge in [-0.1, -0.05) is 26.7 Å². The molecule has 4 nitrogen and oxygen atoms in total. The fourth-order valence-corrected chi connectivity index (χ4v) is 3.49. The lowest BCUT2D eigenvalue weighted by Gasteiger charge is -2.34. The third-order valence-electron chi connectivity index (χ3n) is 4.60. The van der Waals surface area contributed by atoms with E-state index in [0.29, 0.717) is 6.04 Å². The van der Waals surface area contributed by atoms with E-state index in [1.165, 1.54) is 32.1 Å². The summed E-state index contributed by atoms with van der Waals surface area (Å²) in [6.45, 7) is 8.79. The Morgan fingerprint density at radius 3 is 2.95 bits per heavy atom. The van der Waals surface area contributed by atoms with Crippen LogP contribution in [-0.4, -0.2) is 27.4 Å². The molecular weight excluding hydrogens is 248 g/mol.